The van der Waals surface area contributed by atoms with Gasteiger partial charge >= 0.3 is 0 Å². The Kier molecular flexibility index (Phi) is 5.90. The molecule has 0 aliphatic carbocycles. The van der Waals surface area contributed by atoms with Gasteiger partial charge < -0.3 is 14.6 Å². The molecule has 0 unspecified atom stereocenters. The van der Waals surface area contributed by atoms with Crippen molar-refractivity contribution >= 4 is 0 Å². The Balaban J connectivity index is 2.34. The number of methoxy groups -OCH3 is 1. The average molecular weight is 224 g/mol. The number of benzene rings is 1. The molecule has 16 heavy (non-hydrogen) atoms. The van der Waals surface area contributed by atoms with E-state index in [1.165, 1.54) is 0 Å². The summed E-state index contributed by atoms with van der Waals surface area (Å²) in [6, 6.07) is 7.64. The molecular formula is C13H20O3. The van der Waals surface area contributed by atoms with Crippen LogP contribution in [0.3, 0.4) is 0 Å². The molecule has 0 aliphatic rings. The zero-order chi connectivity index (χ0) is 11.8. The lowest BCUT2D eigenvalue weighted by atomic mass is 10.1. The van der Waals surface area contributed by atoms with E-state index < -0.39 is 6.29 Å². The second-order valence-electron chi connectivity index (χ2n) is 3.73. The zero-order valence-corrected chi connectivity index (χ0v) is 9.98. The highest BCUT2D eigenvalue weighted by atomic mass is 16.6. The minimum atomic E-state index is -0.708. The molecule has 0 aromatic heterocycles. The largest absolute Gasteiger partial charge is 0.497 e. The maximum Gasteiger partial charge on any atom is 0.158 e. The fraction of sp³-hybridized carbons (Fsp3) is 0.538. The summed E-state index contributed by atoms with van der Waals surface area (Å²) in [5, 5.41) is 9.60. The van der Waals surface area contributed by atoms with Gasteiger partial charge in [-0.3, -0.25) is 0 Å². The highest BCUT2D eigenvalue weighted by Gasteiger charge is 2.05. The van der Waals surface area contributed by atoms with Crippen LogP contribution < -0.4 is 4.74 Å². The molecule has 0 radical (unpaired) electrons. The number of ether oxygens (including phenoxy) is 2. The molecule has 1 atom stereocenters. The maximum absolute atomic E-state index is 9.60. The first-order valence-electron chi connectivity index (χ1n) is 5.69. The van der Waals surface area contributed by atoms with E-state index in [1.54, 1.807) is 7.11 Å². The predicted molar refractivity (Wildman–Crippen MR) is 63.6 cm³/mol. The topological polar surface area (TPSA) is 38.7 Å². The fourth-order valence-corrected chi connectivity index (χ4v) is 1.39. The number of hydrogen-bond donors (Lipinski definition) is 1. The molecular weight excluding hydrogens is 204 g/mol. The van der Waals surface area contributed by atoms with Crippen LogP contribution in [0.2, 0.25) is 0 Å². The average Bonchev–Trinajstić information content (AvgIpc) is 2.30. The van der Waals surface area contributed by atoms with Crippen molar-refractivity contribution < 1.29 is 14.6 Å². The Labute approximate surface area is 97.0 Å². The molecule has 0 spiro atoms. The fourth-order valence-electron chi connectivity index (χ4n) is 1.39. The quantitative estimate of drug-likeness (QED) is 0.571. The van der Waals surface area contributed by atoms with Gasteiger partial charge in [-0.25, -0.2) is 0 Å². The molecule has 3 nitrogen and oxygen atoms in total. The monoisotopic (exact) mass is 224 g/mol. The SMILES string of the molecule is CCCCO[C@@H](O)Cc1ccc(OC)cc1. The lowest BCUT2D eigenvalue weighted by molar-refractivity contribution is -0.0980. The first-order chi connectivity index (χ1) is 7.76. The smallest absolute Gasteiger partial charge is 0.158 e. The number of aliphatic hydroxyl groups is 1. The molecule has 0 saturated heterocycles. The van der Waals surface area contributed by atoms with Gasteiger partial charge in [0.15, 0.2) is 6.29 Å². The van der Waals surface area contributed by atoms with E-state index in [1.807, 2.05) is 24.3 Å². The van der Waals surface area contributed by atoms with Crippen LogP contribution >= 0.6 is 0 Å². The first-order valence-corrected chi connectivity index (χ1v) is 5.69. The van der Waals surface area contributed by atoms with Crippen molar-refractivity contribution in [2.24, 2.45) is 0 Å². The number of aliphatic hydroxyl groups excluding tert-OH is 1. The second kappa shape index (κ2) is 7.25. The summed E-state index contributed by atoms with van der Waals surface area (Å²) in [6.07, 6.45) is 1.88. The van der Waals surface area contributed by atoms with Crippen molar-refractivity contribution in [3.05, 3.63) is 29.8 Å². The van der Waals surface area contributed by atoms with Gasteiger partial charge in [-0.2, -0.15) is 0 Å². The van der Waals surface area contributed by atoms with Gasteiger partial charge in [0.05, 0.1) is 7.11 Å². The minimum absolute atomic E-state index is 0.522. The summed E-state index contributed by atoms with van der Waals surface area (Å²) in [5.74, 6) is 0.824. The Hall–Kier alpha value is -1.06. The molecule has 1 N–H and O–H groups in total. The van der Waals surface area contributed by atoms with Gasteiger partial charge in [0.25, 0.3) is 0 Å². The second-order valence-corrected chi connectivity index (χ2v) is 3.73. The normalized spacial score (nSPS) is 12.4. The van der Waals surface area contributed by atoms with Crippen molar-refractivity contribution in [1.82, 2.24) is 0 Å². The van der Waals surface area contributed by atoms with Crippen LogP contribution in [-0.2, 0) is 11.2 Å². The van der Waals surface area contributed by atoms with Crippen LogP contribution in [0.25, 0.3) is 0 Å². The molecule has 0 amide bonds. The van der Waals surface area contributed by atoms with Crippen LogP contribution in [0.15, 0.2) is 24.3 Å². The molecule has 0 aliphatic heterocycles. The van der Waals surface area contributed by atoms with Crippen LogP contribution in [0.4, 0.5) is 0 Å². The third-order valence-corrected chi connectivity index (χ3v) is 2.38. The first kappa shape index (κ1) is 13.0. The van der Waals surface area contributed by atoms with Gasteiger partial charge in [0.1, 0.15) is 5.75 Å². The van der Waals surface area contributed by atoms with E-state index >= 15 is 0 Å². The highest BCUT2D eigenvalue weighted by Crippen LogP contribution is 2.13. The minimum Gasteiger partial charge on any atom is -0.497 e. The lowest BCUT2D eigenvalue weighted by Gasteiger charge is -2.11. The molecule has 1 rings (SSSR count). The van der Waals surface area contributed by atoms with Crippen molar-refractivity contribution in [3.63, 3.8) is 0 Å². The van der Waals surface area contributed by atoms with E-state index in [9.17, 15) is 5.11 Å². The summed E-state index contributed by atoms with van der Waals surface area (Å²) in [7, 11) is 1.64. The van der Waals surface area contributed by atoms with E-state index in [0.29, 0.717) is 13.0 Å². The van der Waals surface area contributed by atoms with Gasteiger partial charge in [-0.1, -0.05) is 25.5 Å². The van der Waals surface area contributed by atoms with E-state index in [-0.39, 0.29) is 0 Å². The summed E-state index contributed by atoms with van der Waals surface area (Å²) in [4.78, 5) is 0. The molecule has 1 aromatic rings. The number of unbranched alkanes of at least 4 members (excludes halogenated alkanes) is 1. The van der Waals surface area contributed by atoms with E-state index in [2.05, 4.69) is 6.92 Å². The molecule has 1 aromatic carbocycles. The number of hydrogen-bond acceptors (Lipinski definition) is 3. The van der Waals surface area contributed by atoms with Gasteiger partial charge in [0, 0.05) is 13.0 Å². The van der Waals surface area contributed by atoms with Crippen molar-refractivity contribution in [1.29, 1.82) is 0 Å². The number of rotatable bonds is 7. The van der Waals surface area contributed by atoms with Crippen molar-refractivity contribution in [3.8, 4) is 5.75 Å². The predicted octanol–water partition coefficient (Wildman–Crippen LogP) is 2.37. The molecule has 0 saturated carbocycles. The van der Waals surface area contributed by atoms with E-state index in [4.69, 9.17) is 9.47 Å². The van der Waals surface area contributed by atoms with Gasteiger partial charge in [-0.15, -0.1) is 0 Å². The summed E-state index contributed by atoms with van der Waals surface area (Å²) in [5.41, 5.74) is 1.05. The van der Waals surface area contributed by atoms with E-state index in [0.717, 1.165) is 24.2 Å². The van der Waals surface area contributed by atoms with Crippen LogP contribution in [0.5, 0.6) is 5.75 Å². The molecule has 0 bridgehead atoms. The molecule has 90 valence electrons. The molecule has 0 fully saturated rings. The highest BCUT2D eigenvalue weighted by molar-refractivity contribution is 5.27. The zero-order valence-electron chi connectivity index (χ0n) is 9.98. The Bertz CT molecular complexity index is 282. The third kappa shape index (κ3) is 4.64. The maximum atomic E-state index is 9.60. The van der Waals surface area contributed by atoms with Gasteiger partial charge in [-0.05, 0) is 24.1 Å². The molecule has 0 heterocycles. The summed E-state index contributed by atoms with van der Waals surface area (Å²) < 4.78 is 10.3. The van der Waals surface area contributed by atoms with Crippen LogP contribution in [0, 0.1) is 0 Å². The third-order valence-electron chi connectivity index (χ3n) is 2.38. The molecule has 3 heteroatoms. The Morgan fingerprint density at radius 1 is 1.25 bits per heavy atom. The van der Waals surface area contributed by atoms with Gasteiger partial charge in [0.2, 0.25) is 0 Å². The standard InChI is InChI=1S/C13H20O3/c1-3-4-9-16-13(14)10-11-5-7-12(15-2)8-6-11/h5-8,13-14H,3-4,9-10H2,1-2H3/t13-/m1/s1. The Morgan fingerprint density at radius 3 is 2.50 bits per heavy atom. The van der Waals surface area contributed by atoms with Crippen molar-refractivity contribution in [2.45, 2.75) is 32.5 Å². The Morgan fingerprint density at radius 2 is 1.94 bits per heavy atom. The van der Waals surface area contributed by atoms with Crippen LogP contribution in [-0.4, -0.2) is 25.1 Å². The lowest BCUT2D eigenvalue weighted by Crippen LogP contribution is -2.15. The van der Waals surface area contributed by atoms with Crippen molar-refractivity contribution in [2.75, 3.05) is 13.7 Å². The summed E-state index contributed by atoms with van der Waals surface area (Å²) in [6.45, 7) is 2.72. The summed E-state index contributed by atoms with van der Waals surface area (Å²) >= 11 is 0. The van der Waals surface area contributed by atoms with Crippen LogP contribution in [0.1, 0.15) is 25.3 Å².